The van der Waals surface area contributed by atoms with Gasteiger partial charge in [-0.05, 0) is 12.0 Å². The van der Waals surface area contributed by atoms with Crippen molar-refractivity contribution in [2.75, 3.05) is 5.73 Å². The van der Waals surface area contributed by atoms with Gasteiger partial charge >= 0.3 is 12.4 Å². The van der Waals surface area contributed by atoms with Gasteiger partial charge < -0.3 is 15.4 Å². The average Bonchev–Trinajstić information content (AvgIpc) is 2.85. The van der Waals surface area contributed by atoms with Gasteiger partial charge in [-0.25, -0.2) is 0 Å². The van der Waals surface area contributed by atoms with Gasteiger partial charge in [0.2, 0.25) is 5.88 Å². The van der Waals surface area contributed by atoms with E-state index in [2.05, 4.69) is 5.16 Å². The van der Waals surface area contributed by atoms with Crippen molar-refractivity contribution in [2.45, 2.75) is 31.3 Å². The molecule has 0 saturated heterocycles. The molecule has 0 saturated carbocycles. The number of aromatic nitrogens is 1. The summed E-state index contributed by atoms with van der Waals surface area (Å²) in [5.41, 5.74) is 0.171. The third-order valence-electron chi connectivity index (χ3n) is 3.54. The van der Waals surface area contributed by atoms with Crippen LogP contribution in [0.25, 0.3) is 11.1 Å². The van der Waals surface area contributed by atoms with Crippen molar-refractivity contribution in [3.63, 3.8) is 0 Å². The Hall–Kier alpha value is -2.23. The maximum Gasteiger partial charge on any atom is 0.430 e. The second kappa shape index (κ2) is 5.69. The Kier molecular flexibility index (Phi) is 4.29. The standard InChI is InChI=1S/C14H12F6N2O2/c1-2-9-10(11(21)24-22-9)7-3-5-8(6-4-7)12(23,13(15,16)17)14(18,19)20/h3-6,23H,2,21H2,1H3. The number of aryl methyl sites for hydroxylation is 1. The molecule has 0 spiro atoms. The molecule has 0 amide bonds. The molecule has 0 fully saturated rings. The van der Waals surface area contributed by atoms with Crippen LogP contribution < -0.4 is 5.73 Å². The Morgan fingerprint density at radius 1 is 1.04 bits per heavy atom. The number of benzene rings is 1. The minimum atomic E-state index is -5.93. The number of rotatable bonds is 3. The number of alkyl halides is 6. The Morgan fingerprint density at radius 2 is 1.54 bits per heavy atom. The van der Waals surface area contributed by atoms with E-state index in [1.54, 1.807) is 6.92 Å². The first kappa shape index (κ1) is 18.1. The lowest BCUT2D eigenvalue weighted by Crippen LogP contribution is -2.53. The Bertz CT molecular complexity index is 704. The van der Waals surface area contributed by atoms with Gasteiger partial charge in [0.05, 0.1) is 11.3 Å². The van der Waals surface area contributed by atoms with Gasteiger partial charge in [-0.3, -0.25) is 0 Å². The van der Waals surface area contributed by atoms with Crippen LogP contribution in [0.2, 0.25) is 0 Å². The van der Waals surface area contributed by atoms with Crippen LogP contribution >= 0.6 is 0 Å². The largest absolute Gasteiger partial charge is 0.430 e. The molecule has 1 aromatic carbocycles. The fourth-order valence-corrected chi connectivity index (χ4v) is 2.25. The molecule has 1 heterocycles. The van der Waals surface area contributed by atoms with Gasteiger partial charge in [0.1, 0.15) is 0 Å². The lowest BCUT2D eigenvalue weighted by atomic mass is 9.90. The summed E-state index contributed by atoms with van der Waals surface area (Å²) in [4.78, 5) is 0. The van der Waals surface area contributed by atoms with Crippen molar-refractivity contribution < 1.29 is 36.0 Å². The number of nitrogens with two attached hydrogens (primary N) is 1. The average molecular weight is 354 g/mol. The number of hydrogen-bond acceptors (Lipinski definition) is 4. The first-order valence-corrected chi connectivity index (χ1v) is 6.64. The highest BCUT2D eigenvalue weighted by molar-refractivity contribution is 5.75. The van der Waals surface area contributed by atoms with Crippen molar-refractivity contribution in [1.29, 1.82) is 0 Å². The predicted octanol–water partition coefficient (Wildman–Crippen LogP) is 3.80. The molecule has 0 bridgehead atoms. The van der Waals surface area contributed by atoms with Crippen molar-refractivity contribution in [3.8, 4) is 11.1 Å². The van der Waals surface area contributed by atoms with E-state index < -0.39 is 23.5 Å². The minimum absolute atomic E-state index is 0.110. The smallest absolute Gasteiger partial charge is 0.369 e. The second-order valence-corrected chi connectivity index (χ2v) is 5.01. The van der Waals surface area contributed by atoms with Crippen molar-refractivity contribution in [1.82, 2.24) is 5.16 Å². The SMILES string of the molecule is CCc1noc(N)c1-c1ccc(C(O)(C(F)(F)F)C(F)(F)F)cc1. The van der Waals surface area contributed by atoms with Crippen LogP contribution in [0.4, 0.5) is 32.2 Å². The maximum absolute atomic E-state index is 12.8. The molecule has 2 aromatic rings. The zero-order valence-corrected chi connectivity index (χ0v) is 12.2. The van der Waals surface area contributed by atoms with Crippen LogP contribution in [0.3, 0.4) is 0 Å². The Morgan fingerprint density at radius 3 is 1.96 bits per heavy atom. The summed E-state index contributed by atoms with van der Waals surface area (Å²) in [6.07, 6.45) is -11.5. The number of hydrogen-bond donors (Lipinski definition) is 2. The van der Waals surface area contributed by atoms with Crippen molar-refractivity contribution >= 4 is 5.88 Å². The van der Waals surface area contributed by atoms with E-state index in [1.807, 2.05) is 0 Å². The molecule has 0 unspecified atom stereocenters. The predicted molar refractivity (Wildman–Crippen MR) is 71.7 cm³/mol. The summed E-state index contributed by atoms with van der Waals surface area (Å²) in [7, 11) is 0. The molecule has 4 nitrogen and oxygen atoms in total. The van der Waals surface area contributed by atoms with Crippen LogP contribution in [0.15, 0.2) is 28.8 Å². The Labute approximate surface area is 131 Å². The molecule has 0 aliphatic rings. The van der Waals surface area contributed by atoms with Gasteiger partial charge in [0, 0.05) is 5.56 Å². The third kappa shape index (κ3) is 2.70. The van der Waals surface area contributed by atoms with Gasteiger partial charge in [0.15, 0.2) is 0 Å². The van der Waals surface area contributed by atoms with Crippen LogP contribution in [0, 0.1) is 0 Å². The second-order valence-electron chi connectivity index (χ2n) is 5.01. The van der Waals surface area contributed by atoms with E-state index in [-0.39, 0.29) is 17.0 Å². The highest BCUT2D eigenvalue weighted by Crippen LogP contribution is 2.50. The van der Waals surface area contributed by atoms with Crippen LogP contribution in [-0.2, 0) is 12.0 Å². The number of halogens is 6. The fourth-order valence-electron chi connectivity index (χ4n) is 2.25. The summed E-state index contributed by atoms with van der Waals surface area (Å²) in [6, 6.07) is 3.06. The molecule has 2 rings (SSSR count). The van der Waals surface area contributed by atoms with Gasteiger partial charge in [-0.1, -0.05) is 36.3 Å². The number of anilines is 1. The normalized spacial score (nSPS) is 13.3. The molecule has 0 aliphatic heterocycles. The minimum Gasteiger partial charge on any atom is -0.369 e. The van der Waals surface area contributed by atoms with E-state index in [9.17, 15) is 31.4 Å². The van der Waals surface area contributed by atoms with E-state index in [4.69, 9.17) is 10.3 Å². The summed E-state index contributed by atoms with van der Waals surface area (Å²) >= 11 is 0. The molecule has 0 radical (unpaired) electrons. The highest BCUT2D eigenvalue weighted by atomic mass is 19.4. The number of aliphatic hydroxyl groups is 1. The van der Waals surface area contributed by atoms with Gasteiger partial charge in [-0.15, -0.1) is 0 Å². The highest BCUT2D eigenvalue weighted by Gasteiger charge is 2.71. The summed E-state index contributed by atoms with van der Waals surface area (Å²) in [5.74, 6) is -0.110. The van der Waals surface area contributed by atoms with Crippen LogP contribution in [0.5, 0.6) is 0 Å². The van der Waals surface area contributed by atoms with E-state index in [0.717, 1.165) is 12.1 Å². The lowest BCUT2D eigenvalue weighted by molar-refractivity contribution is -0.376. The Balaban J connectivity index is 2.54. The maximum atomic E-state index is 12.8. The van der Waals surface area contributed by atoms with Gasteiger partial charge in [0.25, 0.3) is 5.60 Å². The zero-order valence-electron chi connectivity index (χ0n) is 12.2. The van der Waals surface area contributed by atoms with E-state index in [0.29, 0.717) is 24.2 Å². The molecule has 1 aromatic heterocycles. The summed E-state index contributed by atoms with van der Waals surface area (Å²) < 4.78 is 81.7. The van der Waals surface area contributed by atoms with E-state index >= 15 is 0 Å². The number of nitrogen functional groups attached to an aromatic ring is 1. The molecule has 132 valence electrons. The lowest BCUT2D eigenvalue weighted by Gasteiger charge is -2.32. The molecule has 10 heteroatoms. The van der Waals surface area contributed by atoms with Crippen molar-refractivity contribution in [3.05, 3.63) is 35.5 Å². The topological polar surface area (TPSA) is 72.3 Å². The molecular weight excluding hydrogens is 342 g/mol. The molecule has 24 heavy (non-hydrogen) atoms. The monoisotopic (exact) mass is 354 g/mol. The molecule has 3 N–H and O–H groups in total. The first-order valence-electron chi connectivity index (χ1n) is 6.64. The van der Waals surface area contributed by atoms with E-state index in [1.165, 1.54) is 0 Å². The zero-order chi connectivity index (χ0) is 18.3. The van der Waals surface area contributed by atoms with Crippen LogP contribution in [-0.4, -0.2) is 22.6 Å². The van der Waals surface area contributed by atoms with Gasteiger partial charge in [-0.2, -0.15) is 26.3 Å². The third-order valence-corrected chi connectivity index (χ3v) is 3.54. The summed E-state index contributed by atoms with van der Waals surface area (Å²) in [5, 5.41) is 13.0. The molecule has 0 atom stereocenters. The summed E-state index contributed by atoms with van der Waals surface area (Å²) in [6.45, 7) is 1.72. The quantitative estimate of drug-likeness (QED) is 0.823. The van der Waals surface area contributed by atoms with Crippen molar-refractivity contribution in [2.24, 2.45) is 0 Å². The fraction of sp³-hybridized carbons (Fsp3) is 0.357. The first-order chi connectivity index (χ1) is 10.9. The molecular formula is C14H12F6N2O2. The van der Waals surface area contributed by atoms with Crippen LogP contribution in [0.1, 0.15) is 18.2 Å². The number of nitrogens with zero attached hydrogens (tertiary/aromatic N) is 1. The molecule has 0 aliphatic carbocycles.